The molecule has 1 amide bonds. The van der Waals surface area contributed by atoms with E-state index >= 15 is 0 Å². The highest BCUT2D eigenvalue weighted by Crippen LogP contribution is 2.40. The Balaban J connectivity index is 1.45. The van der Waals surface area contributed by atoms with Gasteiger partial charge in [0.15, 0.2) is 0 Å². The Bertz CT molecular complexity index is 913. The Hall–Kier alpha value is -1.99. The lowest BCUT2D eigenvalue weighted by atomic mass is 10.1. The van der Waals surface area contributed by atoms with Crippen LogP contribution < -0.4 is 5.32 Å². The summed E-state index contributed by atoms with van der Waals surface area (Å²) >= 11 is 4.95. The summed E-state index contributed by atoms with van der Waals surface area (Å²) in [7, 11) is 0. The van der Waals surface area contributed by atoms with Crippen molar-refractivity contribution in [1.82, 2.24) is 10.1 Å². The number of aromatic nitrogens is 2. The number of halogens is 1. The molecule has 5 nitrogen and oxygen atoms in total. The Morgan fingerprint density at radius 3 is 2.84 bits per heavy atom. The average molecular weight is 418 g/mol. The van der Waals surface area contributed by atoms with Crippen molar-refractivity contribution >= 4 is 38.9 Å². The van der Waals surface area contributed by atoms with Gasteiger partial charge in [-0.05, 0) is 43.5 Å². The first-order chi connectivity index (χ1) is 12.1. The number of carbonyl (C=O) groups excluding carboxylic acids is 1. The van der Waals surface area contributed by atoms with Gasteiger partial charge in [-0.2, -0.15) is 4.98 Å². The van der Waals surface area contributed by atoms with Crippen LogP contribution in [-0.2, 0) is 11.2 Å². The molecule has 0 radical (unpaired) electrons. The first-order valence-electron chi connectivity index (χ1n) is 8.07. The zero-order valence-electron chi connectivity index (χ0n) is 13.6. The van der Waals surface area contributed by atoms with Crippen molar-refractivity contribution in [1.29, 1.82) is 0 Å². The Labute approximate surface area is 157 Å². The lowest BCUT2D eigenvalue weighted by Gasteiger charge is -2.04. The molecule has 3 aromatic rings. The van der Waals surface area contributed by atoms with Crippen molar-refractivity contribution in [3.05, 3.63) is 51.1 Å². The maximum atomic E-state index is 12.3. The van der Waals surface area contributed by atoms with Gasteiger partial charge in [0.1, 0.15) is 0 Å². The molecule has 0 spiro atoms. The van der Waals surface area contributed by atoms with E-state index < -0.39 is 0 Å². The maximum Gasteiger partial charge on any atom is 0.230 e. The summed E-state index contributed by atoms with van der Waals surface area (Å²) in [6, 6.07) is 9.66. The molecule has 0 bridgehead atoms. The minimum atomic E-state index is -0.0402. The maximum absolute atomic E-state index is 12.3. The minimum Gasteiger partial charge on any atom is -0.339 e. The third kappa shape index (κ3) is 3.82. The molecule has 1 aliphatic rings. The predicted molar refractivity (Wildman–Crippen MR) is 101 cm³/mol. The number of carbonyl (C=O) groups is 1. The Morgan fingerprint density at radius 2 is 2.12 bits per heavy atom. The highest BCUT2D eigenvalue weighted by Gasteiger charge is 2.30. The van der Waals surface area contributed by atoms with E-state index in [2.05, 4.69) is 31.4 Å². The molecule has 1 saturated carbocycles. The van der Waals surface area contributed by atoms with Gasteiger partial charge in [-0.15, -0.1) is 11.3 Å². The molecule has 0 aliphatic heterocycles. The van der Waals surface area contributed by atoms with Gasteiger partial charge in [0.05, 0.1) is 17.0 Å². The third-order valence-electron chi connectivity index (χ3n) is 4.06. The van der Waals surface area contributed by atoms with E-state index in [0.29, 0.717) is 18.2 Å². The van der Waals surface area contributed by atoms with Crippen molar-refractivity contribution < 1.29 is 9.32 Å². The second-order valence-corrected chi connectivity index (χ2v) is 8.33. The van der Waals surface area contributed by atoms with Gasteiger partial charge >= 0.3 is 0 Å². The fourth-order valence-corrected chi connectivity index (χ4v) is 3.69. The molecule has 1 fully saturated rings. The van der Waals surface area contributed by atoms with E-state index in [0.717, 1.165) is 44.2 Å². The number of hydrogen-bond acceptors (Lipinski definition) is 5. The fraction of sp³-hybridized carbons (Fsp3) is 0.278. The van der Waals surface area contributed by atoms with Gasteiger partial charge in [-0.25, -0.2) is 0 Å². The number of thiophene rings is 1. The van der Waals surface area contributed by atoms with E-state index in [1.165, 1.54) is 0 Å². The van der Waals surface area contributed by atoms with Crippen LogP contribution in [0.4, 0.5) is 5.69 Å². The summed E-state index contributed by atoms with van der Waals surface area (Å²) in [4.78, 5) is 18.7. The fourth-order valence-electron chi connectivity index (χ4n) is 2.53. The summed E-state index contributed by atoms with van der Waals surface area (Å²) in [5, 5.41) is 7.04. The van der Waals surface area contributed by atoms with Crippen LogP contribution in [0.5, 0.6) is 0 Å². The summed E-state index contributed by atoms with van der Waals surface area (Å²) in [5.74, 6) is 1.72. The van der Waals surface area contributed by atoms with Crippen LogP contribution in [0.2, 0.25) is 0 Å². The molecule has 0 unspecified atom stereocenters. The largest absolute Gasteiger partial charge is 0.339 e. The number of hydrogen-bond donors (Lipinski definition) is 1. The zero-order chi connectivity index (χ0) is 17.4. The first kappa shape index (κ1) is 16.5. The molecule has 0 atom stereocenters. The standard InChI is InChI=1S/C18H16BrN3O2S/c1-10-14(20-16(23)8-11-2-6-13(19)7-3-11)9-15(25-10)17-21-18(24-22-17)12-4-5-12/h2-3,6-7,9,12H,4-5,8H2,1H3,(H,20,23). The summed E-state index contributed by atoms with van der Waals surface area (Å²) in [6.45, 7) is 1.98. The molecule has 2 aromatic heterocycles. The van der Waals surface area contributed by atoms with Gasteiger partial charge in [-0.1, -0.05) is 33.2 Å². The normalized spacial score (nSPS) is 13.8. The smallest absolute Gasteiger partial charge is 0.230 e. The molecule has 1 N–H and O–H groups in total. The molecule has 2 heterocycles. The summed E-state index contributed by atoms with van der Waals surface area (Å²) < 4.78 is 6.32. The number of amides is 1. The lowest BCUT2D eigenvalue weighted by Crippen LogP contribution is -2.14. The molecule has 0 saturated heterocycles. The molecular formula is C18H16BrN3O2S. The minimum absolute atomic E-state index is 0.0402. The predicted octanol–water partition coefficient (Wildman–Crippen LogP) is 4.93. The number of nitrogens with zero attached hydrogens (tertiary/aromatic N) is 2. The number of rotatable bonds is 5. The molecule has 1 aromatic carbocycles. The molecule has 4 rings (SSSR count). The highest BCUT2D eigenvalue weighted by molar-refractivity contribution is 9.10. The van der Waals surface area contributed by atoms with Crippen molar-refractivity contribution in [2.45, 2.75) is 32.1 Å². The van der Waals surface area contributed by atoms with Crippen LogP contribution in [0.15, 0.2) is 39.3 Å². The summed E-state index contributed by atoms with van der Waals surface area (Å²) in [5.41, 5.74) is 1.78. The van der Waals surface area contributed by atoms with Crippen LogP contribution in [0.1, 0.15) is 35.1 Å². The zero-order valence-corrected chi connectivity index (χ0v) is 16.0. The van der Waals surface area contributed by atoms with Crippen molar-refractivity contribution in [3.8, 4) is 10.7 Å². The molecule has 7 heteroatoms. The second-order valence-electron chi connectivity index (χ2n) is 6.16. The van der Waals surface area contributed by atoms with Crippen LogP contribution in [0.3, 0.4) is 0 Å². The summed E-state index contributed by atoms with van der Waals surface area (Å²) in [6.07, 6.45) is 2.59. The van der Waals surface area contributed by atoms with E-state index in [4.69, 9.17) is 4.52 Å². The topological polar surface area (TPSA) is 68.0 Å². The van der Waals surface area contributed by atoms with Gasteiger partial charge in [0.2, 0.25) is 17.6 Å². The quantitative estimate of drug-likeness (QED) is 0.638. The lowest BCUT2D eigenvalue weighted by molar-refractivity contribution is -0.115. The first-order valence-corrected chi connectivity index (χ1v) is 9.68. The SMILES string of the molecule is Cc1sc(-c2noc(C3CC3)n2)cc1NC(=O)Cc1ccc(Br)cc1. The van der Waals surface area contributed by atoms with Gasteiger partial charge in [-0.3, -0.25) is 4.79 Å². The Morgan fingerprint density at radius 1 is 1.36 bits per heavy atom. The number of anilines is 1. The van der Waals surface area contributed by atoms with Crippen LogP contribution in [0, 0.1) is 6.92 Å². The average Bonchev–Trinajstić information content (AvgIpc) is 3.21. The van der Waals surface area contributed by atoms with Gasteiger partial charge in [0.25, 0.3) is 0 Å². The number of nitrogens with one attached hydrogen (secondary N) is 1. The third-order valence-corrected chi connectivity index (χ3v) is 5.63. The number of benzene rings is 1. The van der Waals surface area contributed by atoms with E-state index in [-0.39, 0.29) is 5.91 Å². The molecular weight excluding hydrogens is 402 g/mol. The molecule has 128 valence electrons. The van der Waals surface area contributed by atoms with Crippen molar-refractivity contribution in [2.75, 3.05) is 5.32 Å². The van der Waals surface area contributed by atoms with Crippen molar-refractivity contribution in [2.24, 2.45) is 0 Å². The Kier molecular flexibility index (Phi) is 4.43. The van der Waals surface area contributed by atoms with Crippen molar-refractivity contribution in [3.63, 3.8) is 0 Å². The van der Waals surface area contributed by atoms with E-state index in [1.54, 1.807) is 11.3 Å². The monoisotopic (exact) mass is 417 g/mol. The van der Waals surface area contributed by atoms with E-state index in [1.807, 2.05) is 37.3 Å². The van der Waals surface area contributed by atoms with E-state index in [9.17, 15) is 4.79 Å². The van der Waals surface area contributed by atoms with Crippen LogP contribution in [-0.4, -0.2) is 16.0 Å². The second kappa shape index (κ2) is 6.72. The number of aryl methyl sites for hydroxylation is 1. The van der Waals surface area contributed by atoms with Crippen LogP contribution in [0.25, 0.3) is 10.7 Å². The molecule has 1 aliphatic carbocycles. The van der Waals surface area contributed by atoms with Gasteiger partial charge < -0.3 is 9.84 Å². The van der Waals surface area contributed by atoms with Gasteiger partial charge in [0, 0.05) is 15.3 Å². The van der Waals surface area contributed by atoms with Crippen LogP contribution >= 0.6 is 27.3 Å². The molecule has 25 heavy (non-hydrogen) atoms. The highest BCUT2D eigenvalue weighted by atomic mass is 79.9.